The van der Waals surface area contributed by atoms with Gasteiger partial charge in [0.1, 0.15) is 23.0 Å². The van der Waals surface area contributed by atoms with Gasteiger partial charge in [0.25, 0.3) is 0 Å². The Kier molecular flexibility index (Phi) is 5.44. The number of halogens is 2. The predicted molar refractivity (Wildman–Crippen MR) is 107 cm³/mol. The summed E-state index contributed by atoms with van der Waals surface area (Å²) >= 11 is 0. The highest BCUT2D eigenvalue weighted by atomic mass is 19.1. The number of hydrogen-bond donors (Lipinski definition) is 3. The van der Waals surface area contributed by atoms with Gasteiger partial charge in [0.05, 0.1) is 18.9 Å². The highest BCUT2D eigenvalue weighted by Crippen LogP contribution is 2.19. The van der Waals surface area contributed by atoms with Gasteiger partial charge < -0.3 is 16.0 Å². The van der Waals surface area contributed by atoms with Crippen molar-refractivity contribution in [3.63, 3.8) is 0 Å². The summed E-state index contributed by atoms with van der Waals surface area (Å²) in [4.78, 5) is 25.8. The molecule has 9 nitrogen and oxygen atoms in total. The lowest BCUT2D eigenvalue weighted by atomic mass is 10.2. The van der Waals surface area contributed by atoms with Gasteiger partial charge in [0, 0.05) is 25.5 Å². The summed E-state index contributed by atoms with van der Waals surface area (Å²) in [7, 11) is 1.88. The van der Waals surface area contributed by atoms with E-state index >= 15 is 0 Å². The van der Waals surface area contributed by atoms with Crippen LogP contribution >= 0.6 is 0 Å². The van der Waals surface area contributed by atoms with Crippen LogP contribution in [0.2, 0.25) is 0 Å². The minimum atomic E-state index is -0.416. The molecule has 0 radical (unpaired) electrons. The average molecular weight is 411 g/mol. The quantitative estimate of drug-likeness (QED) is 0.423. The van der Waals surface area contributed by atoms with Gasteiger partial charge in [-0.3, -0.25) is 14.9 Å². The van der Waals surface area contributed by atoms with Gasteiger partial charge in [-0.15, -0.1) is 0 Å². The highest BCUT2D eigenvalue weighted by Gasteiger charge is 2.13. The van der Waals surface area contributed by atoms with E-state index in [-0.39, 0.29) is 24.1 Å². The fourth-order valence-corrected chi connectivity index (χ4v) is 3.02. The molecule has 0 aromatic carbocycles. The minimum absolute atomic E-state index is 0.246. The van der Waals surface area contributed by atoms with Crippen LogP contribution < -0.4 is 11.1 Å². The Morgan fingerprint density at radius 3 is 2.40 bits per heavy atom. The normalized spacial score (nSPS) is 11.3. The minimum Gasteiger partial charge on any atom is -0.382 e. The molecule has 0 atom stereocenters. The molecule has 0 aliphatic heterocycles. The predicted octanol–water partition coefficient (Wildman–Crippen LogP) is 2.25. The fourth-order valence-electron chi connectivity index (χ4n) is 3.02. The van der Waals surface area contributed by atoms with Crippen LogP contribution in [-0.2, 0) is 19.6 Å². The number of hydrogen-bond acceptors (Lipinski definition) is 8. The van der Waals surface area contributed by atoms with Crippen LogP contribution in [0.3, 0.4) is 0 Å². The van der Waals surface area contributed by atoms with Crippen molar-refractivity contribution in [1.29, 1.82) is 0 Å². The van der Waals surface area contributed by atoms with Crippen molar-refractivity contribution in [2.45, 2.75) is 19.6 Å². The summed E-state index contributed by atoms with van der Waals surface area (Å²) in [6, 6.07) is 2.82. The van der Waals surface area contributed by atoms with E-state index in [1.165, 1.54) is 18.3 Å². The summed E-state index contributed by atoms with van der Waals surface area (Å²) in [5, 5.41) is 2.99. The molecule has 0 saturated carbocycles. The number of fused-ring (bicyclic) bond motifs is 1. The largest absolute Gasteiger partial charge is 0.382 e. The van der Waals surface area contributed by atoms with Crippen LogP contribution in [0, 0.1) is 11.6 Å². The molecule has 0 spiro atoms. The lowest BCUT2D eigenvalue weighted by Crippen LogP contribution is -2.18. The second-order valence-electron chi connectivity index (χ2n) is 6.86. The average Bonchev–Trinajstić information content (AvgIpc) is 3.09. The maximum atomic E-state index is 13.3. The molecular weight excluding hydrogens is 392 g/mol. The molecule has 0 saturated heterocycles. The van der Waals surface area contributed by atoms with Crippen LogP contribution in [0.1, 0.15) is 17.0 Å². The van der Waals surface area contributed by atoms with Crippen LogP contribution in [0.4, 0.5) is 20.5 Å². The topological polar surface area (TPSA) is 122 Å². The van der Waals surface area contributed by atoms with Crippen molar-refractivity contribution >= 4 is 22.9 Å². The van der Waals surface area contributed by atoms with E-state index in [9.17, 15) is 8.78 Å². The van der Waals surface area contributed by atoms with Crippen molar-refractivity contribution in [3.8, 4) is 0 Å². The van der Waals surface area contributed by atoms with E-state index in [0.29, 0.717) is 35.6 Å². The van der Waals surface area contributed by atoms with E-state index < -0.39 is 5.82 Å². The Balaban J connectivity index is 1.46. The van der Waals surface area contributed by atoms with E-state index in [0.717, 1.165) is 11.8 Å². The van der Waals surface area contributed by atoms with Gasteiger partial charge in [0.15, 0.2) is 11.5 Å². The van der Waals surface area contributed by atoms with Crippen LogP contribution in [0.15, 0.2) is 36.9 Å². The van der Waals surface area contributed by atoms with Gasteiger partial charge in [-0.1, -0.05) is 0 Å². The molecule has 0 unspecified atom stereocenters. The molecule has 4 rings (SSSR count). The Hall–Kier alpha value is -3.73. The number of H-pyrrole nitrogens is 1. The summed E-state index contributed by atoms with van der Waals surface area (Å²) in [6.45, 7) is 1.25. The number of nitrogens with one attached hydrogen (secondary N) is 2. The lowest BCUT2D eigenvalue weighted by molar-refractivity contribution is 0.311. The standard InChI is InChI=1S/C19H19F2N9/c1-30(9-12-3-14(21)8-24-5-12)10-15-26-16-17(22)28-19(29-18(16)27-15)25-6-11-2-13(20)7-23-4-11/h2-5,7-8H,6,9-10H2,1H3,(H4,22,25,26,27,28,29). The maximum absolute atomic E-state index is 13.3. The SMILES string of the molecule is CN(Cc1cncc(F)c1)Cc1nc2nc(NCc3cncc(F)c3)nc(N)c2[nH]1. The van der Waals surface area contributed by atoms with Crippen molar-refractivity contribution in [1.82, 2.24) is 34.8 Å². The zero-order valence-corrected chi connectivity index (χ0v) is 16.1. The Morgan fingerprint density at radius 1 is 0.967 bits per heavy atom. The Morgan fingerprint density at radius 2 is 1.67 bits per heavy atom. The first kappa shape index (κ1) is 19.6. The molecule has 4 aromatic rings. The molecular formula is C19H19F2N9. The molecule has 4 N–H and O–H groups in total. The number of rotatable bonds is 7. The first-order valence-electron chi connectivity index (χ1n) is 9.09. The molecule has 4 aromatic heterocycles. The van der Waals surface area contributed by atoms with E-state index in [4.69, 9.17) is 5.73 Å². The van der Waals surface area contributed by atoms with Crippen molar-refractivity contribution in [2.75, 3.05) is 18.1 Å². The Bertz CT molecular complexity index is 1180. The molecule has 0 amide bonds. The second kappa shape index (κ2) is 8.33. The summed E-state index contributed by atoms with van der Waals surface area (Å²) in [6.07, 6.45) is 5.47. The third-order valence-electron chi connectivity index (χ3n) is 4.27. The summed E-state index contributed by atoms with van der Waals surface area (Å²) in [5.74, 6) is 0.378. The van der Waals surface area contributed by atoms with Gasteiger partial charge >= 0.3 is 0 Å². The number of nitrogen functional groups attached to an aromatic ring is 1. The van der Waals surface area contributed by atoms with Crippen molar-refractivity contribution in [2.24, 2.45) is 0 Å². The number of anilines is 2. The third kappa shape index (κ3) is 4.63. The highest BCUT2D eigenvalue weighted by molar-refractivity contribution is 5.82. The third-order valence-corrected chi connectivity index (χ3v) is 4.27. The van der Waals surface area contributed by atoms with Crippen LogP contribution in [0.25, 0.3) is 11.2 Å². The number of aromatic nitrogens is 6. The van der Waals surface area contributed by atoms with Crippen molar-refractivity contribution < 1.29 is 8.78 Å². The Labute approximate surface area is 170 Å². The van der Waals surface area contributed by atoms with Gasteiger partial charge in [0.2, 0.25) is 5.95 Å². The van der Waals surface area contributed by atoms with Gasteiger partial charge in [-0.2, -0.15) is 9.97 Å². The summed E-state index contributed by atoms with van der Waals surface area (Å²) in [5.41, 5.74) is 8.38. The summed E-state index contributed by atoms with van der Waals surface area (Å²) < 4.78 is 26.5. The molecule has 30 heavy (non-hydrogen) atoms. The van der Waals surface area contributed by atoms with Gasteiger partial charge in [-0.25, -0.2) is 13.8 Å². The van der Waals surface area contributed by atoms with E-state index in [1.54, 1.807) is 12.4 Å². The molecule has 0 aliphatic carbocycles. The molecule has 0 bridgehead atoms. The molecule has 4 heterocycles. The number of aromatic amines is 1. The number of nitrogens with zero attached hydrogens (tertiary/aromatic N) is 6. The fraction of sp³-hybridized carbons (Fsp3) is 0.211. The molecule has 0 fully saturated rings. The van der Waals surface area contributed by atoms with Crippen molar-refractivity contribution in [3.05, 3.63) is 65.5 Å². The maximum Gasteiger partial charge on any atom is 0.227 e. The number of pyridine rings is 2. The van der Waals surface area contributed by atoms with E-state index in [2.05, 4.69) is 35.2 Å². The molecule has 11 heteroatoms. The number of nitrogens with two attached hydrogens (primary N) is 1. The lowest BCUT2D eigenvalue weighted by Gasteiger charge is -2.14. The number of imidazole rings is 1. The van der Waals surface area contributed by atoms with E-state index in [1.807, 2.05) is 11.9 Å². The van der Waals surface area contributed by atoms with Crippen LogP contribution in [-0.4, -0.2) is 41.9 Å². The monoisotopic (exact) mass is 411 g/mol. The van der Waals surface area contributed by atoms with Gasteiger partial charge in [-0.05, 0) is 30.3 Å². The zero-order valence-electron chi connectivity index (χ0n) is 16.1. The second-order valence-corrected chi connectivity index (χ2v) is 6.86. The zero-order chi connectivity index (χ0) is 21.1. The molecule has 0 aliphatic rings. The smallest absolute Gasteiger partial charge is 0.227 e. The molecule has 154 valence electrons. The first-order chi connectivity index (χ1) is 14.5. The van der Waals surface area contributed by atoms with Crippen LogP contribution in [0.5, 0.6) is 0 Å². The first-order valence-corrected chi connectivity index (χ1v) is 9.09.